The largest absolute Gasteiger partial charge is 0.481 e. The van der Waals surface area contributed by atoms with Crippen molar-refractivity contribution in [3.63, 3.8) is 0 Å². The lowest BCUT2D eigenvalue weighted by atomic mass is 10.2. The highest BCUT2D eigenvalue weighted by molar-refractivity contribution is 5.74. The van der Waals surface area contributed by atoms with Gasteiger partial charge in [-0.05, 0) is 12.8 Å². The lowest BCUT2D eigenvalue weighted by Gasteiger charge is -1.96. The summed E-state index contributed by atoms with van der Waals surface area (Å²) in [5.74, 6) is -1.34. The SMILES string of the molecule is O=C(O)CCCCC(=O)NO. The van der Waals surface area contributed by atoms with E-state index in [2.05, 4.69) is 0 Å². The lowest BCUT2D eigenvalue weighted by Crippen LogP contribution is -2.17. The number of carbonyl (C=O) groups is 2. The van der Waals surface area contributed by atoms with Crippen LogP contribution < -0.4 is 5.48 Å². The standard InChI is InChI=1S/C6H11NO4/c8-5(7-11)3-1-2-4-6(9)10/h11H,1-4H2,(H,7,8)(H,9,10). The smallest absolute Gasteiger partial charge is 0.303 e. The van der Waals surface area contributed by atoms with Gasteiger partial charge in [0.25, 0.3) is 0 Å². The van der Waals surface area contributed by atoms with E-state index in [1.165, 1.54) is 5.48 Å². The van der Waals surface area contributed by atoms with E-state index in [1.54, 1.807) is 0 Å². The van der Waals surface area contributed by atoms with E-state index < -0.39 is 11.9 Å². The van der Waals surface area contributed by atoms with Gasteiger partial charge < -0.3 is 5.11 Å². The van der Waals surface area contributed by atoms with Gasteiger partial charge in [0.15, 0.2) is 0 Å². The van der Waals surface area contributed by atoms with Gasteiger partial charge in [-0.2, -0.15) is 0 Å². The molecule has 0 aliphatic carbocycles. The van der Waals surface area contributed by atoms with Gasteiger partial charge in [0, 0.05) is 12.8 Å². The van der Waals surface area contributed by atoms with E-state index in [0.29, 0.717) is 12.8 Å². The molecule has 0 aromatic carbocycles. The first-order valence-electron chi connectivity index (χ1n) is 3.31. The van der Waals surface area contributed by atoms with Crippen molar-refractivity contribution in [1.29, 1.82) is 0 Å². The molecule has 0 atom stereocenters. The molecule has 5 heteroatoms. The molecule has 11 heavy (non-hydrogen) atoms. The van der Waals surface area contributed by atoms with Crippen molar-refractivity contribution in [2.45, 2.75) is 25.7 Å². The van der Waals surface area contributed by atoms with Crippen molar-refractivity contribution < 1.29 is 19.9 Å². The van der Waals surface area contributed by atoms with Crippen LogP contribution in [-0.4, -0.2) is 22.2 Å². The Balaban J connectivity index is 3.14. The number of carbonyl (C=O) groups excluding carboxylic acids is 1. The molecule has 5 nitrogen and oxygen atoms in total. The number of hydroxylamine groups is 1. The summed E-state index contributed by atoms with van der Waals surface area (Å²) < 4.78 is 0. The van der Waals surface area contributed by atoms with Crippen LogP contribution in [0.4, 0.5) is 0 Å². The minimum absolute atomic E-state index is 0.0682. The summed E-state index contributed by atoms with van der Waals surface area (Å²) in [5, 5.41) is 16.2. The van der Waals surface area contributed by atoms with Gasteiger partial charge in [0.2, 0.25) is 5.91 Å². The number of unbranched alkanes of at least 4 members (excludes halogenated alkanes) is 1. The van der Waals surface area contributed by atoms with Gasteiger partial charge in [-0.3, -0.25) is 14.8 Å². The first-order valence-corrected chi connectivity index (χ1v) is 3.31. The number of rotatable bonds is 5. The molecule has 0 aliphatic heterocycles. The van der Waals surface area contributed by atoms with Crippen LogP contribution in [0.3, 0.4) is 0 Å². The van der Waals surface area contributed by atoms with Gasteiger partial charge >= 0.3 is 5.97 Å². The number of hydrogen-bond acceptors (Lipinski definition) is 3. The van der Waals surface area contributed by atoms with Crippen LogP contribution in [0.15, 0.2) is 0 Å². The molecule has 0 aliphatic rings. The molecule has 0 aromatic heterocycles. The number of carboxylic acids is 1. The van der Waals surface area contributed by atoms with Crippen LogP contribution in [0.5, 0.6) is 0 Å². The second-order valence-corrected chi connectivity index (χ2v) is 2.14. The fraction of sp³-hybridized carbons (Fsp3) is 0.667. The predicted octanol–water partition coefficient (Wildman–Crippen LogP) is 0.137. The molecule has 0 fully saturated rings. The quantitative estimate of drug-likeness (QED) is 0.304. The average molecular weight is 161 g/mol. The maximum Gasteiger partial charge on any atom is 0.303 e. The molecular weight excluding hydrogens is 150 g/mol. The maximum atomic E-state index is 10.3. The Morgan fingerprint density at radius 1 is 1.18 bits per heavy atom. The van der Waals surface area contributed by atoms with Gasteiger partial charge in [0.1, 0.15) is 0 Å². The molecule has 0 unspecified atom stereocenters. The van der Waals surface area contributed by atoms with Crippen LogP contribution in [0.2, 0.25) is 0 Å². The second-order valence-electron chi connectivity index (χ2n) is 2.14. The van der Waals surface area contributed by atoms with Crippen molar-refractivity contribution in [3.8, 4) is 0 Å². The van der Waals surface area contributed by atoms with Crippen molar-refractivity contribution in [2.24, 2.45) is 0 Å². The van der Waals surface area contributed by atoms with Crippen molar-refractivity contribution in [1.82, 2.24) is 5.48 Å². The second kappa shape index (κ2) is 5.67. The van der Waals surface area contributed by atoms with Crippen molar-refractivity contribution >= 4 is 11.9 Å². The summed E-state index contributed by atoms with van der Waals surface area (Å²) in [6.45, 7) is 0. The third kappa shape index (κ3) is 6.79. The van der Waals surface area contributed by atoms with Crippen LogP contribution in [0.25, 0.3) is 0 Å². The Hall–Kier alpha value is -1.10. The number of aliphatic carboxylic acids is 1. The molecule has 0 spiro atoms. The first kappa shape index (κ1) is 9.90. The summed E-state index contributed by atoms with van der Waals surface area (Å²) in [5.41, 5.74) is 1.47. The third-order valence-electron chi connectivity index (χ3n) is 1.17. The number of nitrogens with one attached hydrogen (secondary N) is 1. The summed E-state index contributed by atoms with van der Waals surface area (Å²) in [6, 6.07) is 0. The molecule has 1 amide bonds. The minimum Gasteiger partial charge on any atom is -0.481 e. The molecule has 3 N–H and O–H groups in total. The molecule has 0 radical (unpaired) electrons. The topological polar surface area (TPSA) is 86.6 Å². The number of carboxylic acid groups (broad SMARTS) is 1. The summed E-state index contributed by atoms with van der Waals surface area (Å²) in [7, 11) is 0. The van der Waals surface area contributed by atoms with Crippen molar-refractivity contribution in [2.75, 3.05) is 0 Å². The summed E-state index contributed by atoms with van der Waals surface area (Å²) in [4.78, 5) is 20.3. The third-order valence-corrected chi connectivity index (χ3v) is 1.17. The highest BCUT2D eigenvalue weighted by Crippen LogP contribution is 1.98. The van der Waals surface area contributed by atoms with E-state index in [4.69, 9.17) is 10.3 Å². The Labute approximate surface area is 64.0 Å². The van der Waals surface area contributed by atoms with E-state index in [1.807, 2.05) is 0 Å². The van der Waals surface area contributed by atoms with Crippen LogP contribution in [0, 0.1) is 0 Å². The summed E-state index contributed by atoms with van der Waals surface area (Å²) >= 11 is 0. The Morgan fingerprint density at radius 2 is 1.73 bits per heavy atom. The Morgan fingerprint density at radius 3 is 2.18 bits per heavy atom. The molecule has 0 aromatic rings. The lowest BCUT2D eigenvalue weighted by molar-refractivity contribution is -0.137. The van der Waals surface area contributed by atoms with Gasteiger partial charge in [-0.1, -0.05) is 0 Å². The average Bonchev–Trinajstić information content (AvgIpc) is 1.97. The van der Waals surface area contributed by atoms with E-state index >= 15 is 0 Å². The number of hydrogen-bond donors (Lipinski definition) is 3. The highest BCUT2D eigenvalue weighted by Gasteiger charge is 2.00. The fourth-order valence-corrected chi connectivity index (χ4v) is 0.618. The van der Waals surface area contributed by atoms with E-state index in [0.717, 1.165) is 0 Å². The van der Waals surface area contributed by atoms with E-state index in [-0.39, 0.29) is 12.8 Å². The summed E-state index contributed by atoms with van der Waals surface area (Å²) in [6.07, 6.45) is 1.18. The fourth-order valence-electron chi connectivity index (χ4n) is 0.618. The zero-order chi connectivity index (χ0) is 8.69. The molecule has 0 saturated heterocycles. The molecule has 0 bridgehead atoms. The Bertz CT molecular complexity index is 146. The zero-order valence-corrected chi connectivity index (χ0v) is 6.04. The zero-order valence-electron chi connectivity index (χ0n) is 6.04. The monoisotopic (exact) mass is 161 g/mol. The van der Waals surface area contributed by atoms with Crippen molar-refractivity contribution in [3.05, 3.63) is 0 Å². The highest BCUT2D eigenvalue weighted by atomic mass is 16.5. The van der Waals surface area contributed by atoms with Crippen LogP contribution in [0.1, 0.15) is 25.7 Å². The molecular formula is C6H11NO4. The molecule has 0 heterocycles. The molecule has 0 rings (SSSR count). The van der Waals surface area contributed by atoms with Gasteiger partial charge in [-0.15, -0.1) is 0 Å². The Kier molecular flexibility index (Phi) is 5.10. The van der Waals surface area contributed by atoms with Gasteiger partial charge in [0.05, 0.1) is 0 Å². The van der Waals surface area contributed by atoms with Gasteiger partial charge in [-0.25, -0.2) is 5.48 Å². The molecule has 0 saturated carbocycles. The maximum absolute atomic E-state index is 10.3. The predicted molar refractivity (Wildman–Crippen MR) is 36.0 cm³/mol. The molecule has 64 valence electrons. The van der Waals surface area contributed by atoms with E-state index in [9.17, 15) is 9.59 Å². The van der Waals surface area contributed by atoms with Crippen LogP contribution >= 0.6 is 0 Å². The minimum atomic E-state index is -0.866. The first-order chi connectivity index (χ1) is 5.16. The van der Waals surface area contributed by atoms with Crippen LogP contribution in [-0.2, 0) is 9.59 Å². The number of amides is 1. The normalized spacial score (nSPS) is 9.18.